The molecule has 2 atom stereocenters. The fourth-order valence-electron chi connectivity index (χ4n) is 1.37. The highest BCUT2D eigenvalue weighted by atomic mass is 127. The first-order chi connectivity index (χ1) is 6.63. The van der Waals surface area contributed by atoms with Crippen molar-refractivity contribution in [1.82, 2.24) is 0 Å². The summed E-state index contributed by atoms with van der Waals surface area (Å²) in [6.07, 6.45) is 1.68. The first kappa shape index (κ1) is 12.0. The second-order valence-electron chi connectivity index (χ2n) is 3.82. The molecule has 0 aliphatic heterocycles. The van der Waals surface area contributed by atoms with E-state index in [2.05, 4.69) is 36.4 Å². The van der Waals surface area contributed by atoms with Crippen molar-refractivity contribution < 1.29 is 5.11 Å². The summed E-state index contributed by atoms with van der Waals surface area (Å²) < 4.78 is 1.21. The van der Waals surface area contributed by atoms with Crippen LogP contribution in [0.15, 0.2) is 24.3 Å². The molecule has 0 bridgehead atoms. The molecule has 1 nitrogen and oxygen atoms in total. The summed E-state index contributed by atoms with van der Waals surface area (Å²) in [4.78, 5) is 0. The van der Waals surface area contributed by atoms with Crippen LogP contribution >= 0.6 is 22.6 Å². The molecular weight excluding hydrogens is 287 g/mol. The van der Waals surface area contributed by atoms with Gasteiger partial charge in [0, 0.05) is 3.57 Å². The van der Waals surface area contributed by atoms with E-state index >= 15 is 0 Å². The zero-order valence-electron chi connectivity index (χ0n) is 8.70. The third-order valence-corrected chi connectivity index (χ3v) is 3.30. The van der Waals surface area contributed by atoms with Crippen LogP contribution < -0.4 is 0 Å². The van der Waals surface area contributed by atoms with Crippen molar-refractivity contribution >= 4 is 22.6 Å². The molecule has 0 aliphatic carbocycles. The Bertz CT molecular complexity index is 268. The second kappa shape index (κ2) is 5.71. The van der Waals surface area contributed by atoms with Crippen molar-refractivity contribution in [2.24, 2.45) is 5.92 Å². The molecule has 0 fully saturated rings. The minimum absolute atomic E-state index is 0.304. The third kappa shape index (κ3) is 3.58. The van der Waals surface area contributed by atoms with Gasteiger partial charge in [0.1, 0.15) is 0 Å². The van der Waals surface area contributed by atoms with Gasteiger partial charge >= 0.3 is 0 Å². The van der Waals surface area contributed by atoms with E-state index in [0.717, 1.165) is 18.4 Å². The van der Waals surface area contributed by atoms with Crippen LogP contribution in [0.1, 0.15) is 38.4 Å². The molecule has 1 aromatic carbocycles. The summed E-state index contributed by atoms with van der Waals surface area (Å²) in [6, 6.07) is 8.09. The number of rotatable bonds is 4. The van der Waals surface area contributed by atoms with Gasteiger partial charge in [-0.25, -0.2) is 0 Å². The van der Waals surface area contributed by atoms with Gasteiger partial charge in [0.15, 0.2) is 0 Å². The van der Waals surface area contributed by atoms with E-state index in [1.54, 1.807) is 0 Å². The third-order valence-electron chi connectivity index (χ3n) is 2.58. The molecule has 0 aliphatic rings. The number of aliphatic hydroxyl groups excluding tert-OH is 1. The summed E-state index contributed by atoms with van der Waals surface area (Å²) in [7, 11) is 0. The fourth-order valence-corrected chi connectivity index (χ4v) is 1.73. The number of aliphatic hydroxyl groups is 1. The lowest BCUT2D eigenvalue weighted by atomic mass is 9.97. The maximum atomic E-state index is 9.91. The SMILES string of the molecule is CCC(C)CC(O)c1ccc(I)cc1. The molecule has 14 heavy (non-hydrogen) atoms. The second-order valence-corrected chi connectivity index (χ2v) is 5.06. The molecular formula is C12H17IO. The van der Waals surface area contributed by atoms with E-state index in [1.165, 1.54) is 3.57 Å². The number of hydrogen-bond donors (Lipinski definition) is 1. The predicted octanol–water partition coefficient (Wildman–Crippen LogP) is 3.76. The molecule has 78 valence electrons. The molecule has 2 heteroatoms. The van der Waals surface area contributed by atoms with Crippen LogP contribution in [0.4, 0.5) is 0 Å². The summed E-state index contributed by atoms with van der Waals surface area (Å²) in [5, 5.41) is 9.91. The van der Waals surface area contributed by atoms with E-state index in [4.69, 9.17) is 0 Å². The van der Waals surface area contributed by atoms with E-state index < -0.39 is 0 Å². The van der Waals surface area contributed by atoms with Crippen molar-refractivity contribution in [3.8, 4) is 0 Å². The molecule has 1 N–H and O–H groups in total. The quantitative estimate of drug-likeness (QED) is 0.840. The van der Waals surface area contributed by atoms with Crippen LogP contribution in [0.5, 0.6) is 0 Å². The van der Waals surface area contributed by atoms with Gasteiger partial charge < -0.3 is 5.11 Å². The van der Waals surface area contributed by atoms with Gasteiger partial charge in [-0.3, -0.25) is 0 Å². The van der Waals surface area contributed by atoms with Crippen molar-refractivity contribution in [1.29, 1.82) is 0 Å². The Balaban J connectivity index is 2.60. The Hall–Kier alpha value is -0.0900. The van der Waals surface area contributed by atoms with Crippen LogP contribution in [-0.4, -0.2) is 5.11 Å². The number of benzene rings is 1. The summed E-state index contributed by atoms with van der Waals surface area (Å²) in [5.41, 5.74) is 1.03. The zero-order chi connectivity index (χ0) is 10.6. The maximum absolute atomic E-state index is 9.91. The lowest BCUT2D eigenvalue weighted by Gasteiger charge is -2.15. The summed E-state index contributed by atoms with van der Waals surface area (Å²) >= 11 is 2.27. The molecule has 0 spiro atoms. The molecule has 1 aromatic rings. The van der Waals surface area contributed by atoms with Gasteiger partial charge in [-0.1, -0.05) is 32.4 Å². The van der Waals surface area contributed by atoms with Gasteiger partial charge in [-0.15, -0.1) is 0 Å². The van der Waals surface area contributed by atoms with Crippen molar-refractivity contribution in [2.75, 3.05) is 0 Å². The average molecular weight is 304 g/mol. The average Bonchev–Trinajstić information content (AvgIpc) is 2.18. The lowest BCUT2D eigenvalue weighted by molar-refractivity contribution is 0.146. The van der Waals surface area contributed by atoms with E-state index in [9.17, 15) is 5.11 Å². The Morgan fingerprint density at radius 2 is 1.86 bits per heavy atom. The van der Waals surface area contributed by atoms with Crippen LogP contribution in [0.3, 0.4) is 0 Å². The normalized spacial score (nSPS) is 15.1. The molecule has 1 rings (SSSR count). The smallest absolute Gasteiger partial charge is 0.0792 e. The Labute approximate surface area is 99.7 Å². The van der Waals surface area contributed by atoms with Crippen LogP contribution in [0.2, 0.25) is 0 Å². The Morgan fingerprint density at radius 1 is 1.29 bits per heavy atom. The first-order valence-corrected chi connectivity index (χ1v) is 6.15. The highest BCUT2D eigenvalue weighted by molar-refractivity contribution is 14.1. The minimum Gasteiger partial charge on any atom is -0.388 e. The molecule has 0 heterocycles. The van der Waals surface area contributed by atoms with E-state index in [0.29, 0.717) is 5.92 Å². The maximum Gasteiger partial charge on any atom is 0.0792 e. The Morgan fingerprint density at radius 3 is 2.36 bits per heavy atom. The number of halogens is 1. The summed E-state index contributed by atoms with van der Waals surface area (Å²) in [5.74, 6) is 0.587. The van der Waals surface area contributed by atoms with Crippen LogP contribution in [0.25, 0.3) is 0 Å². The predicted molar refractivity (Wildman–Crippen MR) is 68.2 cm³/mol. The topological polar surface area (TPSA) is 20.2 Å². The van der Waals surface area contributed by atoms with Crippen molar-refractivity contribution in [3.05, 3.63) is 33.4 Å². The van der Waals surface area contributed by atoms with Crippen molar-refractivity contribution in [2.45, 2.75) is 32.8 Å². The largest absolute Gasteiger partial charge is 0.388 e. The molecule has 0 amide bonds. The van der Waals surface area contributed by atoms with Gasteiger partial charge in [0.25, 0.3) is 0 Å². The lowest BCUT2D eigenvalue weighted by Crippen LogP contribution is -2.03. The van der Waals surface area contributed by atoms with Gasteiger partial charge in [0.05, 0.1) is 6.10 Å². The van der Waals surface area contributed by atoms with E-state index in [1.807, 2.05) is 24.3 Å². The number of hydrogen-bond acceptors (Lipinski definition) is 1. The van der Waals surface area contributed by atoms with Crippen LogP contribution in [0, 0.1) is 9.49 Å². The Kier molecular flexibility index (Phi) is 4.89. The minimum atomic E-state index is -0.304. The van der Waals surface area contributed by atoms with Crippen molar-refractivity contribution in [3.63, 3.8) is 0 Å². The highest BCUT2D eigenvalue weighted by Crippen LogP contribution is 2.23. The molecule has 2 unspecified atom stereocenters. The molecule has 0 saturated heterocycles. The van der Waals surface area contributed by atoms with Gasteiger partial charge in [0.2, 0.25) is 0 Å². The van der Waals surface area contributed by atoms with Gasteiger partial charge in [-0.05, 0) is 52.6 Å². The van der Waals surface area contributed by atoms with Gasteiger partial charge in [-0.2, -0.15) is 0 Å². The fraction of sp³-hybridized carbons (Fsp3) is 0.500. The molecule has 0 saturated carbocycles. The van der Waals surface area contributed by atoms with Crippen LogP contribution in [-0.2, 0) is 0 Å². The monoisotopic (exact) mass is 304 g/mol. The van der Waals surface area contributed by atoms with E-state index in [-0.39, 0.29) is 6.10 Å². The summed E-state index contributed by atoms with van der Waals surface area (Å²) in [6.45, 7) is 4.33. The molecule has 0 aromatic heterocycles. The molecule has 0 radical (unpaired) electrons. The standard InChI is InChI=1S/C12H17IO/c1-3-9(2)8-12(14)10-4-6-11(13)7-5-10/h4-7,9,12,14H,3,8H2,1-2H3. The highest BCUT2D eigenvalue weighted by Gasteiger charge is 2.10. The first-order valence-electron chi connectivity index (χ1n) is 5.07. The zero-order valence-corrected chi connectivity index (χ0v) is 10.9.